The number of Topliss-reactive ketones (excluding diaryl/α,β-unsaturated/α-hetero) is 1. The molecule has 1 aliphatic rings. The molecule has 2 heteroatoms. The first-order valence-corrected chi connectivity index (χ1v) is 10.5. The van der Waals surface area contributed by atoms with Crippen LogP contribution in [0.3, 0.4) is 0 Å². The summed E-state index contributed by atoms with van der Waals surface area (Å²) >= 11 is 0. The van der Waals surface area contributed by atoms with E-state index in [0.29, 0.717) is 0 Å². The second kappa shape index (κ2) is 22.5. The Morgan fingerprint density at radius 2 is 1.47 bits per heavy atom. The van der Waals surface area contributed by atoms with Crippen LogP contribution in [0.4, 0.5) is 0 Å². The predicted molar refractivity (Wildman–Crippen MR) is 138 cm³/mol. The number of rotatable bonds is 3. The van der Waals surface area contributed by atoms with Crippen molar-refractivity contribution >= 4 is 11.5 Å². The quantitative estimate of drug-likeness (QED) is 0.363. The van der Waals surface area contributed by atoms with E-state index >= 15 is 0 Å². The molecule has 1 aliphatic heterocycles. The number of allylic oxidation sites excluding steroid dienone is 7. The average Bonchev–Trinajstić information content (AvgIpc) is 3.22. The second-order valence-corrected chi connectivity index (χ2v) is 6.36. The summed E-state index contributed by atoms with van der Waals surface area (Å²) in [5, 5.41) is 0. The lowest BCUT2D eigenvalue weighted by Gasteiger charge is -2.02. The molecule has 0 unspecified atom stereocenters. The van der Waals surface area contributed by atoms with Gasteiger partial charge in [0.2, 0.25) is 0 Å². The number of hydrogen-bond donors (Lipinski definition) is 0. The molecule has 1 heterocycles. The van der Waals surface area contributed by atoms with Crippen molar-refractivity contribution in [1.29, 1.82) is 0 Å². The zero-order valence-electron chi connectivity index (χ0n) is 20.8. The lowest BCUT2D eigenvalue weighted by atomic mass is 10.0. The maximum absolute atomic E-state index is 9.44. The molecule has 166 valence electrons. The summed E-state index contributed by atoms with van der Waals surface area (Å²) in [6.07, 6.45) is 10.7. The summed E-state index contributed by atoms with van der Waals surface area (Å²) in [7, 11) is 0. The fourth-order valence-electron chi connectivity index (χ4n) is 1.83. The molecule has 0 saturated carbocycles. The molecule has 0 saturated heterocycles. The fraction of sp³-hybridized carbons (Fsp3) is 0.357. The minimum atomic E-state index is 0.167. The van der Waals surface area contributed by atoms with Gasteiger partial charge in [-0.15, -0.1) is 0 Å². The maximum Gasteiger partial charge on any atom is 0.126 e. The van der Waals surface area contributed by atoms with E-state index in [2.05, 4.69) is 43.3 Å². The van der Waals surface area contributed by atoms with Gasteiger partial charge in [0.15, 0.2) is 0 Å². The van der Waals surface area contributed by atoms with Crippen LogP contribution < -0.4 is 0 Å². The summed E-state index contributed by atoms with van der Waals surface area (Å²) in [6.45, 7) is 24.8. The molecular formula is C28H43NO. The van der Waals surface area contributed by atoms with Gasteiger partial charge in [0, 0.05) is 18.3 Å². The minimum Gasteiger partial charge on any atom is -0.300 e. The highest BCUT2D eigenvalue weighted by molar-refractivity contribution is 6.03. The highest BCUT2D eigenvalue weighted by atomic mass is 16.1. The van der Waals surface area contributed by atoms with E-state index in [0.717, 1.165) is 17.7 Å². The van der Waals surface area contributed by atoms with E-state index in [9.17, 15) is 4.79 Å². The largest absolute Gasteiger partial charge is 0.300 e. The number of benzene rings is 1. The lowest BCUT2D eigenvalue weighted by Crippen LogP contribution is -1.96. The van der Waals surface area contributed by atoms with Gasteiger partial charge in [-0.25, -0.2) is 0 Å². The Kier molecular flexibility index (Phi) is 24.0. The first-order valence-electron chi connectivity index (χ1n) is 10.5. The third-order valence-electron chi connectivity index (χ3n) is 3.40. The van der Waals surface area contributed by atoms with Crippen LogP contribution in [-0.2, 0) is 4.79 Å². The standard InChI is InChI=1S/C12H15N.C7H8.C4H8.C3H6O.C2H6/c1-5-10(6-2)11-7-12(9(3)4)13-8-11;1-7-5-3-2-4-6-7;1-3-4-2;1-3(2)4;1-2/h5-6,8H,1,3,7H2,2,4H3;2-6H,1H3;3-4H,1-2H3;1-2H3;1-2H3/b10-6+;;4-3-;;. The number of carbonyl (C=O) groups excluding carboxylic acids is 1. The molecule has 0 atom stereocenters. The number of ketones is 1. The molecule has 0 N–H and O–H groups in total. The normalized spacial score (nSPS) is 11.6. The number of nitrogens with zero attached hydrogens (tertiary/aromatic N) is 1. The van der Waals surface area contributed by atoms with Crippen LogP contribution in [0, 0.1) is 6.92 Å². The molecular weight excluding hydrogens is 366 g/mol. The summed E-state index contributed by atoms with van der Waals surface area (Å²) in [4.78, 5) is 13.7. The minimum absolute atomic E-state index is 0.167. The summed E-state index contributed by atoms with van der Waals surface area (Å²) in [6, 6.07) is 10.3. The van der Waals surface area contributed by atoms with Crippen LogP contribution in [0.5, 0.6) is 0 Å². The number of aliphatic imine (C=N–C) groups is 1. The van der Waals surface area contributed by atoms with Gasteiger partial charge < -0.3 is 4.79 Å². The third kappa shape index (κ3) is 20.0. The van der Waals surface area contributed by atoms with Crippen molar-refractivity contribution in [2.45, 2.75) is 68.7 Å². The van der Waals surface area contributed by atoms with Crippen LogP contribution in [0.25, 0.3) is 0 Å². The van der Waals surface area contributed by atoms with Crippen LogP contribution in [0.1, 0.15) is 67.4 Å². The first kappa shape index (κ1) is 31.9. The highest BCUT2D eigenvalue weighted by Gasteiger charge is 2.11. The number of aryl methyl sites for hydroxylation is 1. The average molecular weight is 410 g/mol. The highest BCUT2D eigenvalue weighted by Crippen LogP contribution is 2.23. The first-order chi connectivity index (χ1) is 14.2. The fourth-order valence-corrected chi connectivity index (χ4v) is 1.83. The van der Waals surface area contributed by atoms with Crippen molar-refractivity contribution in [3.8, 4) is 0 Å². The van der Waals surface area contributed by atoms with Crippen LogP contribution >= 0.6 is 0 Å². The number of hydrogen-bond acceptors (Lipinski definition) is 2. The Hall–Kier alpha value is -2.74. The van der Waals surface area contributed by atoms with Gasteiger partial charge in [-0.2, -0.15) is 0 Å². The Labute approximate surface area is 186 Å². The Morgan fingerprint density at radius 1 is 1.00 bits per heavy atom. The van der Waals surface area contributed by atoms with Crippen molar-refractivity contribution in [3.05, 3.63) is 96.3 Å². The molecule has 0 spiro atoms. The Bertz CT molecular complexity index is 708. The van der Waals surface area contributed by atoms with E-state index < -0.39 is 0 Å². The van der Waals surface area contributed by atoms with Gasteiger partial charge in [0.1, 0.15) is 5.78 Å². The van der Waals surface area contributed by atoms with E-state index in [1.165, 1.54) is 30.6 Å². The molecule has 0 fully saturated rings. The third-order valence-corrected chi connectivity index (χ3v) is 3.40. The van der Waals surface area contributed by atoms with E-state index in [1.54, 1.807) is 0 Å². The smallest absolute Gasteiger partial charge is 0.126 e. The summed E-state index contributed by atoms with van der Waals surface area (Å²) in [5.41, 5.74) is 5.85. The summed E-state index contributed by atoms with van der Waals surface area (Å²) in [5.74, 6) is 0.167. The second-order valence-electron chi connectivity index (χ2n) is 6.36. The summed E-state index contributed by atoms with van der Waals surface area (Å²) < 4.78 is 0. The van der Waals surface area contributed by atoms with Crippen LogP contribution in [-0.4, -0.2) is 11.5 Å². The zero-order chi connectivity index (χ0) is 23.9. The lowest BCUT2D eigenvalue weighted by molar-refractivity contribution is -0.114. The molecule has 30 heavy (non-hydrogen) atoms. The zero-order valence-corrected chi connectivity index (χ0v) is 20.8. The molecule has 0 bridgehead atoms. The molecule has 2 nitrogen and oxygen atoms in total. The van der Waals surface area contributed by atoms with Crippen molar-refractivity contribution in [2.75, 3.05) is 0 Å². The van der Waals surface area contributed by atoms with Crippen molar-refractivity contribution < 1.29 is 4.79 Å². The van der Waals surface area contributed by atoms with Gasteiger partial charge in [-0.3, -0.25) is 4.99 Å². The van der Waals surface area contributed by atoms with Crippen LogP contribution in [0.2, 0.25) is 0 Å². The van der Waals surface area contributed by atoms with Crippen LogP contribution in [0.15, 0.2) is 95.7 Å². The van der Waals surface area contributed by atoms with Crippen molar-refractivity contribution in [1.82, 2.24) is 0 Å². The molecule has 0 aromatic heterocycles. The van der Waals surface area contributed by atoms with Gasteiger partial charge in [-0.05, 0) is 65.2 Å². The van der Waals surface area contributed by atoms with Crippen molar-refractivity contribution in [3.63, 3.8) is 0 Å². The van der Waals surface area contributed by atoms with Crippen molar-refractivity contribution in [2.24, 2.45) is 4.99 Å². The Morgan fingerprint density at radius 3 is 1.70 bits per heavy atom. The van der Waals surface area contributed by atoms with Gasteiger partial charge in [0.25, 0.3) is 0 Å². The molecule has 2 rings (SSSR count). The monoisotopic (exact) mass is 409 g/mol. The SMILES string of the molecule is C/C=C\C.C=C/C(=C\C)C1=CN=C(C(=C)C)C1.CC.CC(C)=O.Cc1ccccc1. The topological polar surface area (TPSA) is 29.4 Å². The molecule has 0 aliphatic carbocycles. The van der Waals surface area contributed by atoms with E-state index in [4.69, 9.17) is 0 Å². The van der Waals surface area contributed by atoms with E-state index in [-0.39, 0.29) is 5.78 Å². The molecule has 1 aromatic rings. The molecule has 1 aromatic carbocycles. The molecule has 0 radical (unpaired) electrons. The molecule has 0 amide bonds. The predicted octanol–water partition coefficient (Wildman–Crippen LogP) is 8.62. The number of carbonyl (C=O) groups is 1. The van der Waals surface area contributed by atoms with E-state index in [1.807, 2.05) is 84.2 Å². The van der Waals surface area contributed by atoms with Gasteiger partial charge in [-0.1, -0.05) is 87.2 Å². The van der Waals surface area contributed by atoms with Gasteiger partial charge >= 0.3 is 0 Å². The maximum atomic E-state index is 9.44. The van der Waals surface area contributed by atoms with Gasteiger partial charge in [0.05, 0.1) is 0 Å². The Balaban J connectivity index is -0.000000361.